The van der Waals surface area contributed by atoms with Crippen molar-refractivity contribution in [3.05, 3.63) is 83.2 Å². The Morgan fingerprint density at radius 2 is 2.09 bits per heavy atom. The Morgan fingerprint density at radius 1 is 1.27 bits per heavy atom. The summed E-state index contributed by atoms with van der Waals surface area (Å²) in [6, 6.07) is 10.2. The average molecular weight is 445 g/mol. The van der Waals surface area contributed by atoms with Crippen LogP contribution in [0.5, 0.6) is 0 Å². The molecule has 1 N–H and O–H groups in total. The molecule has 1 aromatic carbocycles. The van der Waals surface area contributed by atoms with Crippen LogP contribution in [0.15, 0.2) is 60.6 Å². The molecule has 2 aromatic heterocycles. The minimum Gasteiger partial charge on any atom is -0.349 e. The second kappa shape index (κ2) is 8.58. The molecule has 1 fully saturated rings. The van der Waals surface area contributed by atoms with E-state index in [4.69, 9.17) is 0 Å². The quantitative estimate of drug-likeness (QED) is 0.557. The van der Waals surface area contributed by atoms with Gasteiger partial charge in [-0.25, -0.2) is 9.07 Å². The molecular weight excluding hydrogens is 415 g/mol. The predicted molar refractivity (Wildman–Crippen MR) is 126 cm³/mol. The lowest BCUT2D eigenvalue weighted by atomic mass is 9.68. The number of fused-ring (bicyclic) bond motifs is 2. The van der Waals surface area contributed by atoms with E-state index in [2.05, 4.69) is 35.3 Å². The monoisotopic (exact) mass is 444 g/mol. The van der Waals surface area contributed by atoms with Crippen LogP contribution in [0.4, 0.5) is 4.39 Å². The van der Waals surface area contributed by atoms with Crippen LogP contribution in [0.2, 0.25) is 0 Å². The lowest BCUT2D eigenvalue weighted by molar-refractivity contribution is 0.0922. The van der Waals surface area contributed by atoms with Crippen molar-refractivity contribution < 1.29 is 9.18 Å². The topological polar surface area (TPSA) is 59.8 Å². The van der Waals surface area contributed by atoms with Crippen LogP contribution in [-0.2, 0) is 6.42 Å². The number of hydrogen-bond donors (Lipinski definition) is 1. The van der Waals surface area contributed by atoms with Gasteiger partial charge in [-0.15, -0.1) is 0 Å². The molecule has 3 atom stereocenters. The first-order valence-corrected chi connectivity index (χ1v) is 11.7. The summed E-state index contributed by atoms with van der Waals surface area (Å²) < 4.78 is 15.3. The fourth-order valence-electron chi connectivity index (χ4n) is 5.54. The number of carbonyl (C=O) groups is 1. The lowest BCUT2D eigenvalue weighted by Crippen LogP contribution is -2.39. The summed E-state index contributed by atoms with van der Waals surface area (Å²) in [5, 5.41) is 7.84. The number of allylic oxidation sites excluding steroid dienone is 1. The van der Waals surface area contributed by atoms with Crippen LogP contribution in [-0.4, -0.2) is 26.7 Å². The third kappa shape index (κ3) is 3.99. The van der Waals surface area contributed by atoms with Crippen molar-refractivity contribution in [2.45, 2.75) is 52.0 Å². The van der Waals surface area contributed by atoms with Crippen molar-refractivity contribution in [1.82, 2.24) is 20.1 Å². The highest BCUT2D eigenvalue weighted by molar-refractivity contribution is 5.94. The average Bonchev–Trinajstić information content (AvgIpc) is 3.37. The number of hydrogen-bond acceptors (Lipinski definition) is 3. The van der Waals surface area contributed by atoms with E-state index >= 15 is 0 Å². The Bertz CT molecular complexity index is 1180. The van der Waals surface area contributed by atoms with Crippen LogP contribution in [0, 0.1) is 17.2 Å². The molecule has 5 nitrogen and oxygen atoms in total. The Hall–Kier alpha value is -3.28. The molecule has 0 spiro atoms. The highest BCUT2D eigenvalue weighted by atomic mass is 19.1. The van der Waals surface area contributed by atoms with Gasteiger partial charge >= 0.3 is 0 Å². The zero-order valence-corrected chi connectivity index (χ0v) is 19.1. The van der Waals surface area contributed by atoms with Gasteiger partial charge in [0.1, 0.15) is 5.82 Å². The summed E-state index contributed by atoms with van der Waals surface area (Å²) >= 11 is 0. The third-order valence-corrected chi connectivity index (χ3v) is 7.54. The van der Waals surface area contributed by atoms with Gasteiger partial charge in [0.25, 0.3) is 5.91 Å². The Labute approximate surface area is 193 Å². The molecule has 33 heavy (non-hydrogen) atoms. The van der Waals surface area contributed by atoms with E-state index in [1.807, 2.05) is 10.9 Å². The largest absolute Gasteiger partial charge is 0.349 e. The molecule has 5 rings (SSSR count). The zero-order chi connectivity index (χ0) is 23.0. The lowest BCUT2D eigenvalue weighted by Gasteiger charge is -2.37. The van der Waals surface area contributed by atoms with Gasteiger partial charge in [0, 0.05) is 18.4 Å². The number of carbonyl (C=O) groups excluding carboxylic acids is 1. The summed E-state index contributed by atoms with van der Waals surface area (Å²) in [6.07, 6.45) is 12.5. The Morgan fingerprint density at radius 3 is 2.82 bits per heavy atom. The summed E-state index contributed by atoms with van der Waals surface area (Å²) in [4.78, 5) is 16.7. The number of pyridine rings is 1. The number of amides is 1. The molecule has 3 aromatic rings. The van der Waals surface area contributed by atoms with Crippen molar-refractivity contribution >= 4 is 12.0 Å². The number of rotatable bonds is 6. The van der Waals surface area contributed by atoms with Crippen molar-refractivity contribution in [3.63, 3.8) is 0 Å². The van der Waals surface area contributed by atoms with Gasteiger partial charge in [0.05, 0.1) is 23.1 Å². The van der Waals surface area contributed by atoms with E-state index in [0.29, 0.717) is 11.5 Å². The maximum atomic E-state index is 13.4. The van der Waals surface area contributed by atoms with E-state index in [9.17, 15) is 9.18 Å². The van der Waals surface area contributed by atoms with Crippen LogP contribution in [0.1, 0.15) is 61.1 Å². The maximum absolute atomic E-state index is 13.4. The standard InChI is InChI=1S/C27H29FN4O/c1-3-23(31-26(33)18-5-4-12-29-16-18)13-20-6-7-21-14-25-19(15-27(20,21)2)17-30-32(25)24-10-8-22(28)9-11-24/h4-5,8-12,14,16-17,20,23H,3,6-7,13,15H2,1-2H3,(H,31,33)/t20-,23?,27-/m1/s1. The molecule has 2 aliphatic rings. The van der Waals surface area contributed by atoms with Crippen LogP contribution in [0.3, 0.4) is 0 Å². The number of aromatic nitrogens is 3. The van der Waals surface area contributed by atoms with Gasteiger partial charge < -0.3 is 5.32 Å². The van der Waals surface area contributed by atoms with Crippen LogP contribution in [0.25, 0.3) is 11.8 Å². The first-order chi connectivity index (χ1) is 16.0. The normalized spacial score (nSPS) is 22.3. The molecule has 0 radical (unpaired) electrons. The second-order valence-corrected chi connectivity index (χ2v) is 9.50. The van der Waals surface area contributed by atoms with Gasteiger partial charge in [-0.05, 0) is 91.5 Å². The number of nitrogens with zero attached hydrogens (tertiary/aromatic N) is 3. The number of nitrogens with one attached hydrogen (secondary N) is 1. The molecule has 1 unspecified atom stereocenters. The molecule has 0 bridgehead atoms. The molecular formula is C27H29FN4O. The molecule has 0 saturated heterocycles. The van der Waals surface area contributed by atoms with Crippen LogP contribution >= 0.6 is 0 Å². The summed E-state index contributed by atoms with van der Waals surface area (Å²) in [7, 11) is 0. The summed E-state index contributed by atoms with van der Waals surface area (Å²) in [5.41, 5.74) is 5.33. The maximum Gasteiger partial charge on any atom is 0.253 e. The first kappa shape index (κ1) is 21.6. The van der Waals surface area contributed by atoms with E-state index in [1.165, 1.54) is 23.3 Å². The van der Waals surface area contributed by atoms with Gasteiger partial charge in [0.15, 0.2) is 0 Å². The van der Waals surface area contributed by atoms with Crippen molar-refractivity contribution in [2.24, 2.45) is 11.3 Å². The molecule has 1 saturated carbocycles. The molecule has 170 valence electrons. The third-order valence-electron chi connectivity index (χ3n) is 7.54. The van der Waals surface area contributed by atoms with Crippen LogP contribution < -0.4 is 5.32 Å². The van der Waals surface area contributed by atoms with Gasteiger partial charge in [-0.2, -0.15) is 5.10 Å². The minimum atomic E-state index is -0.245. The second-order valence-electron chi connectivity index (χ2n) is 9.50. The fourth-order valence-corrected chi connectivity index (χ4v) is 5.54. The molecule has 2 aliphatic carbocycles. The minimum absolute atomic E-state index is 0.0552. The summed E-state index contributed by atoms with van der Waals surface area (Å²) in [6.45, 7) is 4.50. The fraction of sp³-hybridized carbons (Fsp3) is 0.370. The molecule has 6 heteroatoms. The Balaban J connectivity index is 1.34. The van der Waals surface area contributed by atoms with Crippen molar-refractivity contribution in [1.29, 1.82) is 0 Å². The summed E-state index contributed by atoms with van der Waals surface area (Å²) in [5.74, 6) is 0.191. The highest BCUT2D eigenvalue weighted by Gasteiger charge is 2.46. The van der Waals surface area contributed by atoms with Gasteiger partial charge in [-0.1, -0.05) is 19.4 Å². The van der Waals surface area contributed by atoms with E-state index in [0.717, 1.165) is 43.5 Å². The predicted octanol–water partition coefficient (Wildman–Crippen LogP) is 5.36. The smallest absolute Gasteiger partial charge is 0.253 e. The van der Waals surface area contributed by atoms with Gasteiger partial charge in [-0.3, -0.25) is 9.78 Å². The number of benzene rings is 1. The zero-order valence-electron chi connectivity index (χ0n) is 19.1. The van der Waals surface area contributed by atoms with Gasteiger partial charge in [0.2, 0.25) is 0 Å². The molecule has 1 amide bonds. The first-order valence-electron chi connectivity index (χ1n) is 11.7. The Kier molecular flexibility index (Phi) is 5.60. The van der Waals surface area contributed by atoms with E-state index < -0.39 is 0 Å². The van der Waals surface area contributed by atoms with Crippen molar-refractivity contribution in [2.75, 3.05) is 0 Å². The highest BCUT2D eigenvalue weighted by Crippen LogP contribution is 2.54. The SMILES string of the molecule is CCC(C[C@H]1CCC2=Cc3c(cnn3-c3ccc(F)cc3)C[C@@]21C)NC(=O)c1cccnc1. The van der Waals surface area contributed by atoms with Crippen molar-refractivity contribution in [3.8, 4) is 5.69 Å². The molecule has 2 heterocycles. The number of halogens is 1. The molecule has 0 aliphatic heterocycles. The van der Waals surface area contributed by atoms with E-state index in [1.54, 1.807) is 36.7 Å². The van der Waals surface area contributed by atoms with E-state index in [-0.39, 0.29) is 23.2 Å².